The molecule has 0 radical (unpaired) electrons. The molecule has 2 aromatic heterocycles. The number of nitrogens with zero attached hydrogens (tertiary/aromatic N) is 2. The average molecular weight is 552 g/mol. The maximum Gasteiger partial charge on any atom is 0.490 e. The third-order valence-corrected chi connectivity index (χ3v) is 6.00. The molecule has 0 aliphatic rings. The Balaban J connectivity index is 0.000000448. The Hall–Kier alpha value is -4.47. The molecular weight excluding hydrogens is 531 g/mol. The Kier molecular flexibility index (Phi) is 8.13. The number of alkyl halides is 3. The van der Waals surface area contributed by atoms with Crippen molar-refractivity contribution < 1.29 is 28.2 Å². The highest BCUT2D eigenvalue weighted by Crippen LogP contribution is 2.39. The van der Waals surface area contributed by atoms with Crippen molar-refractivity contribution in [3.63, 3.8) is 0 Å². The summed E-state index contributed by atoms with van der Waals surface area (Å²) in [6.07, 6.45) is -3.44. The molecule has 5 aromatic rings. The molecule has 10 heteroatoms. The first-order chi connectivity index (χ1) is 18.6. The molecule has 4 N–H and O–H groups in total. The minimum atomic E-state index is -5.08. The number of carbonyl (C=O) groups is 1. The standard InChI is InChI=1S/C27H20ClN3O.C2HF3O2/c28-21-8-4-7-20(13-21)24-16-30-27(32)23-14-22(18-5-2-1-3-6-18)25(31-26(23)24)19-11-9-17(15-29)10-12-19;3-2(4,5)1(6)7/h1-14,16H,15,29H2,(H,30,32);(H,6,7). The maximum atomic E-state index is 10.6. The van der Waals surface area contributed by atoms with Crippen LogP contribution in [0.5, 0.6) is 5.88 Å². The summed E-state index contributed by atoms with van der Waals surface area (Å²) in [5, 5.41) is 18.9. The number of fused-ring (bicyclic) bond motifs is 1. The van der Waals surface area contributed by atoms with Crippen molar-refractivity contribution in [2.45, 2.75) is 12.7 Å². The topological polar surface area (TPSA) is 109 Å². The Morgan fingerprint density at radius 3 is 2.10 bits per heavy atom. The molecule has 0 bridgehead atoms. The third kappa shape index (κ3) is 6.34. The van der Waals surface area contributed by atoms with Crippen LogP contribution in [-0.2, 0) is 11.3 Å². The summed E-state index contributed by atoms with van der Waals surface area (Å²) in [5.41, 5.74) is 12.9. The van der Waals surface area contributed by atoms with E-state index in [1.165, 1.54) is 0 Å². The number of pyridine rings is 2. The Labute approximate surface area is 226 Å². The van der Waals surface area contributed by atoms with Crippen LogP contribution in [0.3, 0.4) is 0 Å². The van der Waals surface area contributed by atoms with Crippen molar-refractivity contribution in [2.24, 2.45) is 5.73 Å². The van der Waals surface area contributed by atoms with Crippen LogP contribution in [0.1, 0.15) is 5.56 Å². The first kappa shape index (κ1) is 27.6. The van der Waals surface area contributed by atoms with E-state index in [2.05, 4.69) is 4.98 Å². The molecule has 0 aliphatic heterocycles. The predicted octanol–water partition coefficient (Wildman–Crippen LogP) is 7.08. The fourth-order valence-corrected chi connectivity index (χ4v) is 4.06. The van der Waals surface area contributed by atoms with Crippen LogP contribution in [0.25, 0.3) is 44.4 Å². The molecule has 3 aromatic carbocycles. The lowest BCUT2D eigenvalue weighted by atomic mass is 9.95. The SMILES string of the molecule is NCc1ccc(-c2nc3c(-c4cccc(Cl)c4)cnc(O)c3cc2-c2ccccc2)cc1.O=C(O)C(F)(F)F. The van der Waals surface area contributed by atoms with Gasteiger partial charge in [-0.25, -0.2) is 14.8 Å². The van der Waals surface area contributed by atoms with Crippen molar-refractivity contribution in [3.8, 4) is 39.4 Å². The quantitative estimate of drug-likeness (QED) is 0.220. The van der Waals surface area contributed by atoms with Gasteiger partial charge in [0, 0.05) is 34.5 Å². The molecule has 0 aliphatic carbocycles. The monoisotopic (exact) mass is 551 g/mol. The number of rotatable bonds is 4. The molecule has 0 spiro atoms. The molecule has 0 saturated carbocycles. The van der Waals surface area contributed by atoms with Crippen LogP contribution < -0.4 is 5.73 Å². The molecule has 198 valence electrons. The number of aromatic hydroxyl groups is 1. The Morgan fingerprint density at radius 2 is 1.51 bits per heavy atom. The van der Waals surface area contributed by atoms with Crippen LogP contribution >= 0.6 is 11.6 Å². The Morgan fingerprint density at radius 1 is 0.872 bits per heavy atom. The van der Waals surface area contributed by atoms with Crippen molar-refractivity contribution in [1.29, 1.82) is 0 Å². The molecule has 39 heavy (non-hydrogen) atoms. The zero-order chi connectivity index (χ0) is 28.2. The largest absolute Gasteiger partial charge is 0.493 e. The average Bonchev–Trinajstić information content (AvgIpc) is 2.93. The number of hydrogen-bond acceptors (Lipinski definition) is 5. The van der Waals surface area contributed by atoms with Crippen molar-refractivity contribution in [3.05, 3.63) is 102 Å². The number of carboxylic acids is 1. The second-order valence-corrected chi connectivity index (χ2v) is 8.79. The fraction of sp³-hybridized carbons (Fsp3) is 0.0690. The highest BCUT2D eigenvalue weighted by atomic mass is 35.5. The van der Waals surface area contributed by atoms with Gasteiger partial charge in [0.25, 0.3) is 0 Å². The fourth-order valence-electron chi connectivity index (χ4n) is 3.87. The van der Waals surface area contributed by atoms with Crippen LogP contribution in [0.15, 0.2) is 91.1 Å². The van der Waals surface area contributed by atoms with Crippen molar-refractivity contribution in [2.75, 3.05) is 0 Å². The summed E-state index contributed by atoms with van der Waals surface area (Å²) in [6.45, 7) is 0.482. The van der Waals surface area contributed by atoms with Gasteiger partial charge < -0.3 is 15.9 Å². The number of nitrogens with two attached hydrogens (primary N) is 1. The second kappa shape index (κ2) is 11.5. The van der Waals surface area contributed by atoms with E-state index in [4.69, 9.17) is 32.2 Å². The zero-order valence-electron chi connectivity index (χ0n) is 20.2. The molecular formula is C29H21ClF3N3O3. The maximum absolute atomic E-state index is 10.6. The van der Waals surface area contributed by atoms with Crippen molar-refractivity contribution >= 4 is 28.5 Å². The minimum absolute atomic E-state index is 0.0551. The van der Waals surface area contributed by atoms with E-state index in [0.29, 0.717) is 22.5 Å². The Bertz CT molecular complexity index is 1630. The first-order valence-electron chi connectivity index (χ1n) is 11.5. The van der Waals surface area contributed by atoms with Gasteiger partial charge in [-0.05, 0) is 34.9 Å². The molecule has 0 saturated heterocycles. The second-order valence-electron chi connectivity index (χ2n) is 8.36. The molecule has 0 amide bonds. The number of aromatic nitrogens is 2. The van der Waals surface area contributed by atoms with E-state index in [-0.39, 0.29) is 5.88 Å². The molecule has 6 nitrogen and oxygen atoms in total. The molecule has 5 rings (SSSR count). The summed E-state index contributed by atoms with van der Waals surface area (Å²) < 4.78 is 31.7. The highest BCUT2D eigenvalue weighted by molar-refractivity contribution is 6.30. The molecule has 0 fully saturated rings. The highest BCUT2D eigenvalue weighted by Gasteiger charge is 2.38. The smallest absolute Gasteiger partial charge is 0.490 e. The number of aliphatic carboxylic acids is 1. The zero-order valence-corrected chi connectivity index (χ0v) is 20.9. The van der Waals surface area contributed by atoms with Crippen LogP contribution in [-0.4, -0.2) is 32.3 Å². The van der Waals surface area contributed by atoms with Crippen LogP contribution in [0.4, 0.5) is 13.2 Å². The van der Waals surface area contributed by atoms with Gasteiger partial charge in [-0.1, -0.05) is 78.3 Å². The van der Waals surface area contributed by atoms with E-state index >= 15 is 0 Å². The lowest BCUT2D eigenvalue weighted by molar-refractivity contribution is -0.192. The lowest BCUT2D eigenvalue weighted by Crippen LogP contribution is -2.21. The van der Waals surface area contributed by atoms with Gasteiger partial charge in [0.05, 0.1) is 16.6 Å². The summed E-state index contributed by atoms with van der Waals surface area (Å²) in [7, 11) is 0. The third-order valence-electron chi connectivity index (χ3n) is 5.76. The van der Waals surface area contributed by atoms with E-state index in [0.717, 1.165) is 39.1 Å². The van der Waals surface area contributed by atoms with Gasteiger partial charge in [0.2, 0.25) is 5.88 Å². The van der Waals surface area contributed by atoms with Gasteiger partial charge in [-0.2, -0.15) is 13.2 Å². The normalized spacial score (nSPS) is 11.1. The number of hydrogen-bond donors (Lipinski definition) is 3. The van der Waals surface area contributed by atoms with E-state index in [1.807, 2.05) is 84.9 Å². The molecule has 2 heterocycles. The molecule has 0 unspecified atom stereocenters. The van der Waals surface area contributed by atoms with E-state index in [1.54, 1.807) is 6.20 Å². The van der Waals surface area contributed by atoms with Gasteiger partial charge in [0.1, 0.15) is 0 Å². The van der Waals surface area contributed by atoms with Gasteiger partial charge >= 0.3 is 12.1 Å². The van der Waals surface area contributed by atoms with E-state index < -0.39 is 12.1 Å². The van der Waals surface area contributed by atoms with Crippen molar-refractivity contribution in [1.82, 2.24) is 9.97 Å². The lowest BCUT2D eigenvalue weighted by Gasteiger charge is -2.15. The van der Waals surface area contributed by atoms with E-state index in [9.17, 15) is 18.3 Å². The summed E-state index contributed by atoms with van der Waals surface area (Å²) in [6, 6.07) is 27.6. The minimum Gasteiger partial charge on any atom is -0.493 e. The van der Waals surface area contributed by atoms with Crippen LogP contribution in [0.2, 0.25) is 5.02 Å². The number of carboxylic acid groups (broad SMARTS) is 1. The first-order valence-corrected chi connectivity index (χ1v) is 11.9. The summed E-state index contributed by atoms with van der Waals surface area (Å²) >= 11 is 6.24. The van der Waals surface area contributed by atoms with Gasteiger partial charge in [-0.15, -0.1) is 0 Å². The summed E-state index contributed by atoms with van der Waals surface area (Å²) in [4.78, 5) is 18.2. The number of halogens is 4. The van der Waals surface area contributed by atoms with Gasteiger partial charge in [-0.3, -0.25) is 0 Å². The van der Waals surface area contributed by atoms with Gasteiger partial charge in [0.15, 0.2) is 0 Å². The van der Waals surface area contributed by atoms with Crippen LogP contribution in [0, 0.1) is 0 Å². The number of benzene rings is 3. The predicted molar refractivity (Wildman–Crippen MR) is 144 cm³/mol. The molecule has 0 atom stereocenters. The summed E-state index contributed by atoms with van der Waals surface area (Å²) in [5.74, 6) is -2.81.